The Morgan fingerprint density at radius 3 is 2.31 bits per heavy atom. The first-order valence-corrected chi connectivity index (χ1v) is 5.33. The van der Waals surface area contributed by atoms with Crippen LogP contribution in [-0.4, -0.2) is 6.04 Å². The minimum Gasteiger partial charge on any atom is -0.327 e. The van der Waals surface area contributed by atoms with Gasteiger partial charge in [-0.05, 0) is 48.9 Å². The highest BCUT2D eigenvalue weighted by atomic mass is 19.4. The van der Waals surface area contributed by atoms with Crippen LogP contribution < -0.4 is 5.73 Å². The molecule has 1 aliphatic carbocycles. The van der Waals surface area contributed by atoms with Crippen LogP contribution in [0.15, 0.2) is 18.2 Å². The second kappa shape index (κ2) is 3.77. The summed E-state index contributed by atoms with van der Waals surface area (Å²) in [4.78, 5) is 0. The van der Waals surface area contributed by atoms with Crippen molar-refractivity contribution in [3.63, 3.8) is 0 Å². The van der Waals surface area contributed by atoms with E-state index in [1.54, 1.807) is 13.0 Å². The molecular weight excluding hydrogens is 215 g/mol. The lowest BCUT2D eigenvalue weighted by Crippen LogP contribution is -2.37. The van der Waals surface area contributed by atoms with Gasteiger partial charge in [0.2, 0.25) is 0 Å². The number of hydrogen-bond donors (Lipinski definition) is 1. The van der Waals surface area contributed by atoms with E-state index in [0.29, 0.717) is 5.56 Å². The number of nitrogens with two attached hydrogens (primary N) is 1. The molecule has 0 radical (unpaired) electrons. The number of halogens is 3. The third-order valence-corrected chi connectivity index (χ3v) is 3.32. The molecule has 0 aromatic heterocycles. The fourth-order valence-corrected chi connectivity index (χ4v) is 2.18. The van der Waals surface area contributed by atoms with Crippen molar-refractivity contribution in [1.29, 1.82) is 0 Å². The molecule has 0 heterocycles. The van der Waals surface area contributed by atoms with Crippen LogP contribution in [0.1, 0.15) is 35.4 Å². The minimum atomic E-state index is -4.26. The van der Waals surface area contributed by atoms with Crippen molar-refractivity contribution in [3.8, 4) is 0 Å². The molecule has 1 nitrogen and oxygen atoms in total. The summed E-state index contributed by atoms with van der Waals surface area (Å²) in [6.07, 6.45) is -2.32. The van der Waals surface area contributed by atoms with E-state index in [2.05, 4.69) is 0 Å². The van der Waals surface area contributed by atoms with E-state index in [9.17, 15) is 13.2 Å². The molecule has 88 valence electrons. The molecular formula is C12H14F3N. The van der Waals surface area contributed by atoms with Gasteiger partial charge in [0.25, 0.3) is 0 Å². The van der Waals surface area contributed by atoms with Gasteiger partial charge in [-0.1, -0.05) is 6.07 Å². The maximum Gasteiger partial charge on any atom is 0.416 e. The Hall–Kier alpha value is -1.03. The van der Waals surface area contributed by atoms with E-state index in [-0.39, 0.29) is 12.0 Å². The van der Waals surface area contributed by atoms with Crippen molar-refractivity contribution in [3.05, 3.63) is 34.9 Å². The average molecular weight is 229 g/mol. The van der Waals surface area contributed by atoms with Crippen molar-refractivity contribution in [2.45, 2.75) is 37.9 Å². The Balaban J connectivity index is 2.30. The van der Waals surface area contributed by atoms with Gasteiger partial charge in [0.05, 0.1) is 5.56 Å². The normalized spacial score (nSPS) is 25.3. The number of hydrogen-bond acceptors (Lipinski definition) is 1. The summed E-state index contributed by atoms with van der Waals surface area (Å²) in [5, 5.41) is 0. The zero-order chi connectivity index (χ0) is 11.9. The Kier molecular flexibility index (Phi) is 2.70. The third-order valence-electron chi connectivity index (χ3n) is 3.32. The first-order chi connectivity index (χ1) is 7.39. The van der Waals surface area contributed by atoms with Gasteiger partial charge in [-0.25, -0.2) is 0 Å². The van der Waals surface area contributed by atoms with Crippen LogP contribution in [0.3, 0.4) is 0 Å². The zero-order valence-corrected chi connectivity index (χ0v) is 9.01. The first kappa shape index (κ1) is 11.5. The molecule has 0 spiro atoms. The van der Waals surface area contributed by atoms with Crippen LogP contribution in [0, 0.1) is 6.92 Å². The summed E-state index contributed by atoms with van der Waals surface area (Å²) in [7, 11) is 0. The highest BCUT2D eigenvalue weighted by Gasteiger charge is 2.33. The monoisotopic (exact) mass is 229 g/mol. The summed E-state index contributed by atoms with van der Waals surface area (Å²) in [5.74, 6) is 0.238. The van der Waals surface area contributed by atoms with Gasteiger partial charge in [-0.3, -0.25) is 0 Å². The lowest BCUT2D eigenvalue weighted by Gasteiger charge is -2.35. The smallest absolute Gasteiger partial charge is 0.327 e. The SMILES string of the molecule is Cc1cc(C(F)(F)F)ccc1C1CCC1N. The molecule has 2 unspecified atom stereocenters. The predicted octanol–water partition coefficient (Wildman–Crippen LogP) is 3.22. The van der Waals surface area contributed by atoms with Gasteiger partial charge in [-0.15, -0.1) is 0 Å². The molecule has 0 amide bonds. The van der Waals surface area contributed by atoms with E-state index in [1.165, 1.54) is 6.07 Å². The molecule has 16 heavy (non-hydrogen) atoms. The van der Waals surface area contributed by atoms with E-state index in [0.717, 1.165) is 24.5 Å². The van der Waals surface area contributed by atoms with Crippen molar-refractivity contribution in [2.75, 3.05) is 0 Å². The standard InChI is InChI=1S/C12H14F3N/c1-7-6-8(12(13,14)15)2-3-9(7)10-4-5-11(10)16/h2-3,6,10-11H,4-5,16H2,1H3. The van der Waals surface area contributed by atoms with Crippen LogP contribution in [0.4, 0.5) is 13.2 Å². The van der Waals surface area contributed by atoms with Crippen LogP contribution in [-0.2, 0) is 6.18 Å². The van der Waals surface area contributed by atoms with Gasteiger partial charge in [-0.2, -0.15) is 13.2 Å². The van der Waals surface area contributed by atoms with Crippen LogP contribution >= 0.6 is 0 Å². The van der Waals surface area contributed by atoms with Crippen molar-refractivity contribution in [2.24, 2.45) is 5.73 Å². The molecule has 0 saturated heterocycles. The lowest BCUT2D eigenvalue weighted by atomic mass is 9.74. The molecule has 2 rings (SSSR count). The molecule has 0 aliphatic heterocycles. The Labute approximate surface area is 92.5 Å². The third kappa shape index (κ3) is 1.94. The maximum atomic E-state index is 12.4. The fourth-order valence-electron chi connectivity index (χ4n) is 2.18. The number of aryl methyl sites for hydroxylation is 1. The maximum absolute atomic E-state index is 12.4. The highest BCUT2D eigenvalue weighted by Crippen LogP contribution is 2.39. The van der Waals surface area contributed by atoms with Crippen LogP contribution in [0.2, 0.25) is 0 Å². The number of rotatable bonds is 1. The molecule has 4 heteroatoms. The van der Waals surface area contributed by atoms with Gasteiger partial charge >= 0.3 is 6.18 Å². The van der Waals surface area contributed by atoms with Crippen molar-refractivity contribution < 1.29 is 13.2 Å². The largest absolute Gasteiger partial charge is 0.416 e. The zero-order valence-electron chi connectivity index (χ0n) is 9.01. The van der Waals surface area contributed by atoms with Gasteiger partial charge < -0.3 is 5.73 Å². The van der Waals surface area contributed by atoms with E-state index < -0.39 is 11.7 Å². The first-order valence-electron chi connectivity index (χ1n) is 5.33. The minimum absolute atomic E-state index is 0.107. The lowest BCUT2D eigenvalue weighted by molar-refractivity contribution is -0.137. The fraction of sp³-hybridized carbons (Fsp3) is 0.500. The van der Waals surface area contributed by atoms with E-state index >= 15 is 0 Å². The Bertz CT molecular complexity index is 398. The van der Waals surface area contributed by atoms with Crippen molar-refractivity contribution >= 4 is 0 Å². The molecule has 1 aromatic rings. The van der Waals surface area contributed by atoms with Crippen LogP contribution in [0.25, 0.3) is 0 Å². The molecule has 0 bridgehead atoms. The highest BCUT2D eigenvalue weighted by molar-refractivity contribution is 5.36. The Morgan fingerprint density at radius 2 is 1.94 bits per heavy atom. The van der Waals surface area contributed by atoms with Gasteiger partial charge in [0.15, 0.2) is 0 Å². The summed E-state index contributed by atoms with van der Waals surface area (Å²) < 4.78 is 37.3. The Morgan fingerprint density at radius 1 is 1.25 bits per heavy atom. The average Bonchev–Trinajstić information content (AvgIpc) is 2.17. The number of alkyl halides is 3. The molecule has 1 fully saturated rings. The number of benzene rings is 1. The summed E-state index contributed by atoms with van der Waals surface area (Å²) in [6, 6.07) is 4.03. The summed E-state index contributed by atoms with van der Waals surface area (Å²) >= 11 is 0. The molecule has 1 aliphatic rings. The molecule has 1 saturated carbocycles. The molecule has 2 atom stereocenters. The van der Waals surface area contributed by atoms with E-state index in [1.807, 2.05) is 0 Å². The topological polar surface area (TPSA) is 26.0 Å². The van der Waals surface area contributed by atoms with Crippen LogP contribution in [0.5, 0.6) is 0 Å². The molecule has 1 aromatic carbocycles. The van der Waals surface area contributed by atoms with Gasteiger partial charge in [0, 0.05) is 6.04 Å². The second-order valence-corrected chi connectivity index (χ2v) is 4.42. The summed E-state index contributed by atoms with van der Waals surface area (Å²) in [6.45, 7) is 1.72. The van der Waals surface area contributed by atoms with Gasteiger partial charge in [0.1, 0.15) is 0 Å². The quantitative estimate of drug-likeness (QED) is 0.786. The molecule has 2 N–H and O–H groups in total. The predicted molar refractivity (Wildman–Crippen MR) is 56.1 cm³/mol. The van der Waals surface area contributed by atoms with Crippen molar-refractivity contribution in [1.82, 2.24) is 0 Å². The van der Waals surface area contributed by atoms with E-state index in [4.69, 9.17) is 5.73 Å². The summed E-state index contributed by atoms with van der Waals surface area (Å²) in [5.41, 5.74) is 6.90. The second-order valence-electron chi connectivity index (χ2n) is 4.42.